The average Bonchev–Trinajstić information content (AvgIpc) is 2.48. The molecule has 0 aliphatic heterocycles. The quantitative estimate of drug-likeness (QED) is 0.731. The monoisotopic (exact) mass is 326 g/mol. The van der Waals surface area contributed by atoms with E-state index >= 15 is 0 Å². The minimum absolute atomic E-state index is 0.0883. The van der Waals surface area contributed by atoms with Crippen molar-refractivity contribution in [1.82, 2.24) is 4.98 Å². The number of halogens is 1. The zero-order valence-electron chi connectivity index (χ0n) is 13.5. The lowest BCUT2D eigenvalue weighted by Crippen LogP contribution is -2.16. The van der Waals surface area contributed by atoms with Gasteiger partial charge in [-0.1, -0.05) is 29.3 Å². The summed E-state index contributed by atoms with van der Waals surface area (Å²) in [6, 6.07) is 11.9. The summed E-state index contributed by atoms with van der Waals surface area (Å²) >= 11 is 6.12. The number of rotatable bonds is 3. The molecule has 0 saturated heterocycles. The predicted octanol–water partition coefficient (Wildman–Crippen LogP) is 4.72. The van der Waals surface area contributed by atoms with Gasteiger partial charge in [-0.15, -0.1) is 0 Å². The first-order chi connectivity index (χ1) is 10.9. The third-order valence-corrected chi connectivity index (χ3v) is 4.46. The summed E-state index contributed by atoms with van der Waals surface area (Å²) in [5.41, 5.74) is 5.82. The summed E-state index contributed by atoms with van der Waals surface area (Å²) in [4.78, 5) is 15.2. The average molecular weight is 327 g/mol. The van der Waals surface area contributed by atoms with Gasteiger partial charge in [0.25, 0.3) is 5.56 Å². The molecular weight excluding hydrogens is 308 g/mol. The summed E-state index contributed by atoms with van der Waals surface area (Å²) in [6.45, 7) is 6.57. The van der Waals surface area contributed by atoms with Crippen molar-refractivity contribution >= 4 is 28.2 Å². The molecule has 0 atom stereocenters. The summed E-state index contributed by atoms with van der Waals surface area (Å²) in [7, 11) is 0. The van der Waals surface area contributed by atoms with Crippen LogP contribution < -0.4 is 10.9 Å². The van der Waals surface area contributed by atoms with Gasteiger partial charge in [0, 0.05) is 28.3 Å². The number of benzene rings is 2. The van der Waals surface area contributed by atoms with Gasteiger partial charge in [-0.25, -0.2) is 0 Å². The highest BCUT2D eigenvalue weighted by Gasteiger charge is 2.06. The molecule has 2 N–H and O–H groups in total. The first-order valence-electron chi connectivity index (χ1n) is 7.57. The van der Waals surface area contributed by atoms with E-state index in [2.05, 4.69) is 36.3 Å². The number of hydrogen-bond donors (Lipinski definition) is 2. The van der Waals surface area contributed by atoms with Crippen LogP contribution in [0.1, 0.15) is 22.3 Å². The Balaban J connectivity index is 1.92. The molecule has 0 unspecified atom stereocenters. The number of nitrogens with one attached hydrogen (secondary N) is 2. The van der Waals surface area contributed by atoms with Crippen LogP contribution in [0.4, 0.5) is 5.69 Å². The van der Waals surface area contributed by atoms with Crippen molar-refractivity contribution in [2.75, 3.05) is 5.32 Å². The van der Waals surface area contributed by atoms with Crippen LogP contribution in [0.3, 0.4) is 0 Å². The second-order valence-corrected chi connectivity index (χ2v) is 6.39. The lowest BCUT2D eigenvalue weighted by molar-refractivity contribution is 1.08. The number of anilines is 1. The van der Waals surface area contributed by atoms with Gasteiger partial charge in [-0.2, -0.15) is 0 Å². The van der Waals surface area contributed by atoms with E-state index < -0.39 is 0 Å². The van der Waals surface area contributed by atoms with Gasteiger partial charge >= 0.3 is 0 Å². The highest BCUT2D eigenvalue weighted by molar-refractivity contribution is 6.32. The summed E-state index contributed by atoms with van der Waals surface area (Å²) < 4.78 is 0. The van der Waals surface area contributed by atoms with Gasteiger partial charge in [0.1, 0.15) is 0 Å². The molecule has 3 aromatic rings. The normalized spacial score (nSPS) is 11.0. The van der Waals surface area contributed by atoms with Crippen LogP contribution >= 0.6 is 11.6 Å². The Kier molecular flexibility index (Phi) is 4.14. The topological polar surface area (TPSA) is 44.9 Å². The predicted molar refractivity (Wildman–Crippen MR) is 97.6 cm³/mol. The maximum atomic E-state index is 12.3. The molecule has 1 aromatic heterocycles. The van der Waals surface area contributed by atoms with E-state index in [9.17, 15) is 4.79 Å². The molecule has 118 valence electrons. The van der Waals surface area contributed by atoms with Crippen LogP contribution in [0, 0.1) is 20.8 Å². The van der Waals surface area contributed by atoms with Crippen LogP contribution in [0.25, 0.3) is 10.9 Å². The van der Waals surface area contributed by atoms with Crippen molar-refractivity contribution in [2.24, 2.45) is 0 Å². The van der Waals surface area contributed by atoms with E-state index in [0.717, 1.165) is 22.2 Å². The molecule has 0 radical (unpaired) electrons. The van der Waals surface area contributed by atoms with E-state index in [1.54, 1.807) is 6.07 Å². The Morgan fingerprint density at radius 3 is 2.57 bits per heavy atom. The van der Waals surface area contributed by atoms with Crippen LogP contribution in [-0.4, -0.2) is 4.98 Å². The van der Waals surface area contributed by atoms with Crippen LogP contribution in [-0.2, 0) is 6.54 Å². The third-order valence-electron chi connectivity index (χ3n) is 4.05. The van der Waals surface area contributed by atoms with Gasteiger partial charge in [-0.05, 0) is 61.5 Å². The number of aryl methyl sites for hydroxylation is 3. The fraction of sp³-hybridized carbons (Fsp3) is 0.211. The van der Waals surface area contributed by atoms with E-state index in [-0.39, 0.29) is 5.56 Å². The van der Waals surface area contributed by atoms with Crippen molar-refractivity contribution in [3.05, 3.63) is 74.0 Å². The highest BCUT2D eigenvalue weighted by Crippen LogP contribution is 2.22. The zero-order valence-corrected chi connectivity index (χ0v) is 14.2. The number of hydrogen-bond acceptors (Lipinski definition) is 2. The zero-order chi connectivity index (χ0) is 16.6. The number of fused-ring (bicyclic) bond motifs is 1. The summed E-state index contributed by atoms with van der Waals surface area (Å²) in [5.74, 6) is 0. The van der Waals surface area contributed by atoms with E-state index in [4.69, 9.17) is 11.6 Å². The Morgan fingerprint density at radius 1 is 1.04 bits per heavy atom. The van der Waals surface area contributed by atoms with E-state index in [1.165, 1.54) is 11.1 Å². The molecule has 0 spiro atoms. The molecule has 3 nitrogen and oxygen atoms in total. The molecule has 4 heteroatoms. The molecule has 0 bridgehead atoms. The molecular formula is C19H19ClN2O. The highest BCUT2D eigenvalue weighted by atomic mass is 35.5. The van der Waals surface area contributed by atoms with Gasteiger partial charge in [-0.3, -0.25) is 4.79 Å². The number of H-pyrrole nitrogens is 1. The minimum atomic E-state index is -0.0883. The van der Waals surface area contributed by atoms with Crippen molar-refractivity contribution in [3.8, 4) is 0 Å². The van der Waals surface area contributed by atoms with Crippen molar-refractivity contribution < 1.29 is 0 Å². The Bertz CT molecular complexity index is 944. The maximum absolute atomic E-state index is 12.3. The number of aromatic nitrogens is 1. The molecule has 23 heavy (non-hydrogen) atoms. The van der Waals surface area contributed by atoms with Crippen LogP contribution in [0.2, 0.25) is 5.02 Å². The van der Waals surface area contributed by atoms with Crippen molar-refractivity contribution in [1.29, 1.82) is 0 Å². The smallest absolute Gasteiger partial charge is 0.253 e. The molecule has 3 rings (SSSR count). The fourth-order valence-corrected chi connectivity index (χ4v) is 2.88. The molecule has 0 saturated carbocycles. The molecule has 0 fully saturated rings. The standard InChI is InChI=1S/C19H19ClN2O/c1-11-4-5-17(13(3)6-11)21-10-15-8-14-7-12(2)16(20)9-18(14)22-19(15)23/h4-9,21H,10H2,1-3H3,(H,22,23). The Morgan fingerprint density at radius 2 is 1.83 bits per heavy atom. The SMILES string of the molecule is Cc1ccc(NCc2cc3cc(C)c(Cl)cc3[nH]c2=O)c(C)c1. The van der Waals surface area contributed by atoms with Crippen molar-refractivity contribution in [2.45, 2.75) is 27.3 Å². The Hall–Kier alpha value is -2.26. The van der Waals surface area contributed by atoms with Crippen LogP contribution in [0.15, 0.2) is 41.2 Å². The van der Waals surface area contributed by atoms with Gasteiger partial charge in [0.15, 0.2) is 0 Å². The van der Waals surface area contributed by atoms with Gasteiger partial charge in [0.05, 0.1) is 0 Å². The molecule has 1 heterocycles. The molecule has 0 amide bonds. The summed E-state index contributed by atoms with van der Waals surface area (Å²) in [6.07, 6.45) is 0. The van der Waals surface area contributed by atoms with Gasteiger partial charge in [0.2, 0.25) is 0 Å². The third kappa shape index (κ3) is 3.25. The lowest BCUT2D eigenvalue weighted by atomic mass is 10.1. The van der Waals surface area contributed by atoms with Crippen LogP contribution in [0.5, 0.6) is 0 Å². The second kappa shape index (κ2) is 6.09. The van der Waals surface area contributed by atoms with E-state index in [0.29, 0.717) is 17.1 Å². The van der Waals surface area contributed by atoms with Gasteiger partial charge < -0.3 is 10.3 Å². The first kappa shape index (κ1) is 15.6. The van der Waals surface area contributed by atoms with Crippen molar-refractivity contribution in [3.63, 3.8) is 0 Å². The summed E-state index contributed by atoms with van der Waals surface area (Å²) in [5, 5.41) is 4.99. The first-order valence-corrected chi connectivity index (χ1v) is 7.95. The largest absolute Gasteiger partial charge is 0.381 e. The second-order valence-electron chi connectivity index (χ2n) is 5.98. The lowest BCUT2D eigenvalue weighted by Gasteiger charge is -2.11. The number of aromatic amines is 1. The molecule has 0 aliphatic carbocycles. The fourth-order valence-electron chi connectivity index (χ4n) is 2.72. The molecule has 0 aliphatic rings. The maximum Gasteiger partial charge on any atom is 0.253 e. The minimum Gasteiger partial charge on any atom is -0.381 e. The number of pyridine rings is 1. The molecule has 2 aromatic carbocycles. The van der Waals surface area contributed by atoms with E-state index in [1.807, 2.05) is 25.1 Å². The Labute approximate surface area is 140 Å².